The van der Waals surface area contributed by atoms with Gasteiger partial charge in [0.25, 0.3) is 11.8 Å². The summed E-state index contributed by atoms with van der Waals surface area (Å²) in [4.78, 5) is 26.5. The lowest BCUT2D eigenvalue weighted by molar-refractivity contribution is -0.129. The van der Waals surface area contributed by atoms with Crippen LogP contribution in [0.1, 0.15) is 10.4 Å². The average Bonchev–Trinajstić information content (AvgIpc) is 2.72. The molecule has 2 aromatic rings. The molecule has 0 spiro atoms. The highest BCUT2D eigenvalue weighted by Crippen LogP contribution is 2.28. The highest BCUT2D eigenvalue weighted by atomic mass is 16.5. The molecule has 1 aliphatic heterocycles. The largest absolute Gasteiger partial charge is 0.496 e. The molecule has 1 atom stereocenters. The summed E-state index contributed by atoms with van der Waals surface area (Å²) in [6.45, 7) is 0.607. The molecule has 142 valence electrons. The van der Waals surface area contributed by atoms with Crippen molar-refractivity contribution < 1.29 is 23.8 Å². The van der Waals surface area contributed by atoms with Gasteiger partial charge < -0.3 is 24.4 Å². The van der Waals surface area contributed by atoms with Crippen LogP contribution in [0.3, 0.4) is 0 Å². The Morgan fingerprint density at radius 2 is 1.78 bits per heavy atom. The summed E-state index contributed by atoms with van der Waals surface area (Å²) >= 11 is 0. The molecule has 0 saturated carbocycles. The van der Waals surface area contributed by atoms with Gasteiger partial charge >= 0.3 is 0 Å². The highest BCUT2D eigenvalue weighted by molar-refractivity contribution is 6.00. The van der Waals surface area contributed by atoms with E-state index >= 15 is 0 Å². The Morgan fingerprint density at radius 3 is 2.41 bits per heavy atom. The Balaban J connectivity index is 1.67. The van der Waals surface area contributed by atoms with Gasteiger partial charge in [0.1, 0.15) is 23.7 Å². The Bertz CT molecular complexity index is 787. The van der Waals surface area contributed by atoms with Crippen LogP contribution < -0.4 is 19.7 Å². The number of methoxy groups -OCH3 is 2. The maximum atomic E-state index is 12.7. The summed E-state index contributed by atoms with van der Waals surface area (Å²) in [6.07, 6.45) is -0.312. The van der Waals surface area contributed by atoms with E-state index in [1.807, 2.05) is 30.3 Å². The molecule has 0 aromatic heterocycles. The van der Waals surface area contributed by atoms with Crippen molar-refractivity contribution in [1.82, 2.24) is 5.32 Å². The van der Waals surface area contributed by atoms with Crippen molar-refractivity contribution in [1.29, 1.82) is 0 Å². The summed E-state index contributed by atoms with van der Waals surface area (Å²) in [7, 11) is 3.00. The monoisotopic (exact) mass is 370 g/mol. The lowest BCUT2D eigenvalue weighted by Crippen LogP contribution is -2.50. The van der Waals surface area contributed by atoms with Gasteiger partial charge in [0.2, 0.25) is 0 Å². The highest BCUT2D eigenvalue weighted by Gasteiger charge is 2.28. The van der Waals surface area contributed by atoms with Gasteiger partial charge in [-0.3, -0.25) is 9.59 Å². The van der Waals surface area contributed by atoms with Gasteiger partial charge in [-0.15, -0.1) is 0 Å². The lowest BCUT2D eigenvalue weighted by atomic mass is 10.1. The van der Waals surface area contributed by atoms with E-state index in [4.69, 9.17) is 14.2 Å². The molecule has 0 aliphatic carbocycles. The van der Waals surface area contributed by atoms with Crippen molar-refractivity contribution in [3.8, 4) is 11.5 Å². The quantitative estimate of drug-likeness (QED) is 0.840. The van der Waals surface area contributed by atoms with E-state index in [1.165, 1.54) is 14.2 Å². The van der Waals surface area contributed by atoms with Gasteiger partial charge in [-0.25, -0.2) is 0 Å². The second-order valence-electron chi connectivity index (χ2n) is 6.02. The van der Waals surface area contributed by atoms with Crippen LogP contribution in [0, 0.1) is 0 Å². The third-order valence-corrected chi connectivity index (χ3v) is 4.34. The molecule has 0 radical (unpaired) electrons. The molecule has 2 amide bonds. The number of hydrogen-bond donors (Lipinski definition) is 1. The minimum atomic E-state index is -0.323. The number of benzene rings is 2. The normalized spacial score (nSPS) is 16.7. The van der Waals surface area contributed by atoms with Gasteiger partial charge in [0.05, 0.1) is 26.9 Å². The Morgan fingerprint density at radius 1 is 1.11 bits per heavy atom. The summed E-state index contributed by atoms with van der Waals surface area (Å²) in [5.41, 5.74) is 1.14. The second-order valence-corrected chi connectivity index (χ2v) is 6.02. The second kappa shape index (κ2) is 8.55. The van der Waals surface area contributed by atoms with Crippen molar-refractivity contribution >= 4 is 17.5 Å². The minimum Gasteiger partial charge on any atom is -0.496 e. The first-order valence-electron chi connectivity index (χ1n) is 8.60. The van der Waals surface area contributed by atoms with E-state index in [1.54, 1.807) is 23.1 Å². The fraction of sp³-hybridized carbons (Fsp3) is 0.300. The van der Waals surface area contributed by atoms with Crippen LogP contribution in [0.25, 0.3) is 0 Å². The van der Waals surface area contributed by atoms with Gasteiger partial charge in [-0.2, -0.15) is 0 Å². The molecule has 1 saturated heterocycles. The minimum absolute atomic E-state index is 0.0204. The third-order valence-electron chi connectivity index (χ3n) is 4.34. The first kappa shape index (κ1) is 18.7. The molecule has 1 N–H and O–H groups in total. The summed E-state index contributed by atoms with van der Waals surface area (Å²) in [6, 6.07) is 14.5. The van der Waals surface area contributed by atoms with Crippen molar-refractivity contribution in [2.24, 2.45) is 0 Å². The summed E-state index contributed by atoms with van der Waals surface area (Å²) in [5, 5.41) is 2.84. The molecule has 1 aliphatic rings. The van der Waals surface area contributed by atoms with Crippen LogP contribution >= 0.6 is 0 Å². The van der Waals surface area contributed by atoms with Gasteiger partial charge in [0, 0.05) is 12.2 Å². The maximum Gasteiger partial charge on any atom is 0.258 e. The smallest absolute Gasteiger partial charge is 0.258 e. The van der Waals surface area contributed by atoms with Gasteiger partial charge in [0.15, 0.2) is 0 Å². The molecule has 0 bridgehead atoms. The molecule has 7 nitrogen and oxygen atoms in total. The molecular weight excluding hydrogens is 348 g/mol. The van der Waals surface area contributed by atoms with Crippen LogP contribution in [-0.2, 0) is 9.53 Å². The lowest BCUT2D eigenvalue weighted by Gasteiger charge is -2.32. The van der Waals surface area contributed by atoms with Crippen LogP contribution in [-0.4, -0.2) is 51.8 Å². The first-order chi connectivity index (χ1) is 13.1. The number of carbonyl (C=O) groups excluding carboxylic acids is 2. The number of carbonyl (C=O) groups is 2. The SMILES string of the molecule is COc1cccc(OC)c1C(=O)NCC1CN(c2ccccc2)C(=O)CO1. The average molecular weight is 370 g/mol. The molecule has 1 fully saturated rings. The number of morpholine rings is 1. The van der Waals surface area contributed by atoms with E-state index < -0.39 is 0 Å². The van der Waals surface area contributed by atoms with Gasteiger partial charge in [-0.05, 0) is 24.3 Å². The van der Waals surface area contributed by atoms with E-state index in [2.05, 4.69) is 5.32 Å². The predicted molar refractivity (Wildman–Crippen MR) is 100 cm³/mol. The molecule has 1 unspecified atom stereocenters. The molecule has 3 rings (SSSR count). The molecule has 7 heteroatoms. The zero-order chi connectivity index (χ0) is 19.2. The number of ether oxygens (including phenoxy) is 3. The topological polar surface area (TPSA) is 77.1 Å². The number of para-hydroxylation sites is 1. The van der Waals surface area contributed by atoms with Gasteiger partial charge in [-0.1, -0.05) is 24.3 Å². The number of anilines is 1. The molecule has 2 aromatic carbocycles. The van der Waals surface area contributed by atoms with E-state index in [0.29, 0.717) is 23.6 Å². The predicted octanol–water partition coefficient (Wildman–Crippen LogP) is 1.87. The number of hydrogen-bond acceptors (Lipinski definition) is 5. The zero-order valence-electron chi connectivity index (χ0n) is 15.3. The fourth-order valence-corrected chi connectivity index (χ4v) is 2.98. The Hall–Kier alpha value is -3.06. The van der Waals surface area contributed by atoms with Crippen molar-refractivity contribution in [3.63, 3.8) is 0 Å². The van der Waals surface area contributed by atoms with Crippen molar-refractivity contribution in [2.75, 3.05) is 38.8 Å². The van der Waals surface area contributed by atoms with Crippen molar-refractivity contribution in [3.05, 3.63) is 54.1 Å². The molecular formula is C20H22N2O5. The Kier molecular flexibility index (Phi) is 5.93. The zero-order valence-corrected chi connectivity index (χ0v) is 15.3. The molecule has 27 heavy (non-hydrogen) atoms. The fourth-order valence-electron chi connectivity index (χ4n) is 2.98. The van der Waals surface area contributed by atoms with E-state index in [9.17, 15) is 9.59 Å². The molecule has 1 heterocycles. The van der Waals surface area contributed by atoms with Crippen LogP contribution in [0.4, 0.5) is 5.69 Å². The summed E-state index contributed by atoms with van der Waals surface area (Å²) in [5.74, 6) is 0.432. The number of nitrogens with one attached hydrogen (secondary N) is 1. The van der Waals surface area contributed by atoms with E-state index in [-0.39, 0.29) is 31.1 Å². The third kappa shape index (κ3) is 4.20. The number of amides is 2. The number of nitrogens with zero attached hydrogens (tertiary/aromatic N) is 1. The summed E-state index contributed by atoms with van der Waals surface area (Å²) < 4.78 is 16.1. The Labute approximate surface area is 157 Å². The number of rotatable bonds is 6. The van der Waals surface area contributed by atoms with Crippen LogP contribution in [0.15, 0.2) is 48.5 Å². The maximum absolute atomic E-state index is 12.7. The van der Waals surface area contributed by atoms with Crippen LogP contribution in [0.5, 0.6) is 11.5 Å². The van der Waals surface area contributed by atoms with Crippen LogP contribution in [0.2, 0.25) is 0 Å². The van der Waals surface area contributed by atoms with E-state index in [0.717, 1.165) is 5.69 Å². The van der Waals surface area contributed by atoms with Crippen molar-refractivity contribution in [2.45, 2.75) is 6.10 Å². The first-order valence-corrected chi connectivity index (χ1v) is 8.60. The standard InChI is InChI=1S/C20H22N2O5/c1-25-16-9-6-10-17(26-2)19(16)20(24)21-11-15-12-22(18(23)13-27-15)14-7-4-3-5-8-14/h3-10,15H,11-13H2,1-2H3,(H,21,24).